The zero-order valence-electron chi connectivity index (χ0n) is 45.0. The number of hydrogen-bond donors (Lipinski definition) is 0. The largest absolute Gasteiger partial charge is 0.416 e. The van der Waals surface area contributed by atoms with Gasteiger partial charge in [0, 0.05) is 32.7 Å². The van der Waals surface area contributed by atoms with Gasteiger partial charge in [-0.2, -0.15) is 31.6 Å². The fraction of sp³-hybridized carbons (Fsp3) is 0.0822. The molecular weight excluding hydrogens is 1030 g/mol. The number of benzene rings is 11. The highest BCUT2D eigenvalue weighted by Crippen LogP contribution is 2.47. The molecule has 2 heterocycles. The summed E-state index contributed by atoms with van der Waals surface area (Å²) < 4.78 is 92.3. The molecule has 0 amide bonds. The molecule has 0 N–H and O–H groups in total. The van der Waals surface area contributed by atoms with Crippen LogP contribution in [-0.4, -0.2) is 9.13 Å². The van der Waals surface area contributed by atoms with Gasteiger partial charge in [-0.1, -0.05) is 150 Å². The molecule has 13 rings (SSSR count). The lowest BCUT2D eigenvalue weighted by molar-refractivity contribution is -0.143. The van der Waals surface area contributed by atoms with Gasteiger partial charge in [0.25, 0.3) is 0 Å². The summed E-state index contributed by atoms with van der Waals surface area (Å²) in [6, 6.07) is 73.0. The molecule has 0 fully saturated rings. The maximum atomic E-state index is 14.7. The van der Waals surface area contributed by atoms with E-state index in [1.54, 1.807) is 30.3 Å². The summed E-state index contributed by atoms with van der Waals surface area (Å²) in [6.45, 7) is 8.23. The van der Waals surface area contributed by atoms with E-state index < -0.39 is 23.5 Å². The molecule has 0 spiro atoms. The van der Waals surface area contributed by atoms with E-state index in [9.17, 15) is 31.6 Å². The molecule has 0 atom stereocenters. The number of alkyl halides is 6. The highest BCUT2D eigenvalue weighted by atomic mass is 19.4. The average molecular weight is 1080 g/mol. The summed E-state index contributed by atoms with van der Waals surface area (Å²) in [4.78, 5) is 0. The molecule has 9 heteroatoms. The molecular formula is C73H49F6N3. The third-order valence-corrected chi connectivity index (χ3v) is 15.8. The Labute approximate surface area is 469 Å². The van der Waals surface area contributed by atoms with Gasteiger partial charge in [-0.25, -0.2) is 0 Å². The predicted octanol–water partition coefficient (Wildman–Crippen LogP) is 21.0. The first-order valence-corrected chi connectivity index (χ1v) is 26.9. The Balaban J connectivity index is 1.13. The molecule has 11 aromatic carbocycles. The Morgan fingerprint density at radius 1 is 0.305 bits per heavy atom. The first-order chi connectivity index (χ1) is 39.4. The Morgan fingerprint density at radius 3 is 0.939 bits per heavy atom. The van der Waals surface area contributed by atoms with Crippen molar-refractivity contribution in [2.45, 2.75) is 40.0 Å². The number of aryl methyl sites for hydroxylation is 4. The van der Waals surface area contributed by atoms with E-state index in [1.165, 1.54) is 0 Å². The monoisotopic (exact) mass is 1080 g/mol. The first-order valence-electron chi connectivity index (χ1n) is 26.9. The van der Waals surface area contributed by atoms with Crippen molar-refractivity contribution in [3.05, 3.63) is 263 Å². The van der Waals surface area contributed by atoms with Crippen LogP contribution in [0.2, 0.25) is 0 Å². The van der Waals surface area contributed by atoms with E-state index in [0.717, 1.165) is 123 Å². The third-order valence-electron chi connectivity index (χ3n) is 15.8. The van der Waals surface area contributed by atoms with Gasteiger partial charge < -0.3 is 9.13 Å². The number of nitrogens with zero attached hydrogens (tertiary/aromatic N) is 3. The van der Waals surface area contributed by atoms with Gasteiger partial charge in [-0.05, 0) is 180 Å². The van der Waals surface area contributed by atoms with E-state index in [4.69, 9.17) is 0 Å². The lowest BCUT2D eigenvalue weighted by Crippen LogP contribution is -2.11. The number of nitriles is 1. The molecule has 0 saturated heterocycles. The Bertz CT molecular complexity index is 4560. The number of rotatable bonds is 8. The van der Waals surface area contributed by atoms with Gasteiger partial charge in [-0.15, -0.1) is 0 Å². The third kappa shape index (κ3) is 9.26. The summed E-state index contributed by atoms with van der Waals surface area (Å²) in [6.07, 6.45) is -10.2. The number of hydrogen-bond acceptors (Lipinski definition) is 1. The van der Waals surface area contributed by atoms with E-state index >= 15 is 0 Å². The summed E-state index contributed by atoms with van der Waals surface area (Å²) in [7, 11) is 0. The van der Waals surface area contributed by atoms with Crippen molar-refractivity contribution in [1.82, 2.24) is 9.13 Å². The highest BCUT2D eigenvalue weighted by molar-refractivity contribution is 6.14. The average Bonchev–Trinajstić information content (AvgIpc) is 3.52. The van der Waals surface area contributed by atoms with Crippen LogP contribution in [0.3, 0.4) is 0 Å². The van der Waals surface area contributed by atoms with Crippen LogP contribution in [0.15, 0.2) is 224 Å². The number of aromatic nitrogens is 2. The Kier molecular flexibility index (Phi) is 12.4. The molecule has 0 unspecified atom stereocenters. The fourth-order valence-electron chi connectivity index (χ4n) is 11.8. The van der Waals surface area contributed by atoms with E-state index in [0.29, 0.717) is 28.1 Å². The standard InChI is InChI=1S/C73H49F6N3/c1-43-9-5-13-48(29-43)52-18-24-68-62(36-52)63-37-53(49-14-6-10-44(2)30-49)19-25-69(63)81(68)66-23-17-47(42-80)33-60(66)61-40-56(57-34-58(72(74,75)76)41-59(35-57)73(77,78)79)22-28-67(61)82-70-26-20-54(50-15-7-11-45(3)31-50)38-64(70)65-39-55(21-27-71(65)82)51-16-8-12-46(4)32-51/h5-41H,1-4H3. The molecule has 0 aliphatic carbocycles. The minimum absolute atomic E-state index is 0.112. The molecule has 398 valence electrons. The normalized spacial score (nSPS) is 12.0. The Morgan fingerprint density at radius 2 is 0.610 bits per heavy atom. The molecule has 0 saturated carbocycles. The lowest BCUT2D eigenvalue weighted by Gasteiger charge is -2.21. The van der Waals surface area contributed by atoms with Crippen molar-refractivity contribution in [2.75, 3.05) is 0 Å². The molecule has 0 bridgehead atoms. The van der Waals surface area contributed by atoms with Crippen molar-refractivity contribution in [1.29, 1.82) is 5.26 Å². The number of fused-ring (bicyclic) bond motifs is 6. The second-order valence-corrected chi connectivity index (χ2v) is 21.4. The summed E-state index contributed by atoms with van der Waals surface area (Å²) in [5, 5.41) is 14.5. The Hall–Kier alpha value is -9.91. The van der Waals surface area contributed by atoms with E-state index in [1.807, 2.05) is 30.3 Å². The molecule has 0 radical (unpaired) electrons. The van der Waals surface area contributed by atoms with Crippen LogP contribution in [-0.2, 0) is 12.4 Å². The number of halogens is 6. The maximum Gasteiger partial charge on any atom is 0.416 e. The predicted molar refractivity (Wildman–Crippen MR) is 321 cm³/mol. The summed E-state index contributed by atoms with van der Waals surface area (Å²) in [5.74, 6) is 0. The summed E-state index contributed by atoms with van der Waals surface area (Å²) in [5.41, 5.74) is 15.4. The maximum absolute atomic E-state index is 14.7. The van der Waals surface area contributed by atoms with Gasteiger partial charge in [0.1, 0.15) is 0 Å². The quantitative estimate of drug-likeness (QED) is 0.140. The van der Waals surface area contributed by atoms with Gasteiger partial charge >= 0.3 is 12.4 Å². The molecule has 0 aliphatic rings. The van der Waals surface area contributed by atoms with E-state index in [-0.39, 0.29) is 17.2 Å². The van der Waals surface area contributed by atoms with Crippen LogP contribution in [0.4, 0.5) is 26.3 Å². The molecule has 82 heavy (non-hydrogen) atoms. The van der Waals surface area contributed by atoms with E-state index in [2.05, 4.69) is 188 Å². The van der Waals surface area contributed by atoms with Crippen molar-refractivity contribution < 1.29 is 26.3 Å². The molecule has 13 aromatic rings. The molecule has 2 aromatic heterocycles. The molecule has 3 nitrogen and oxygen atoms in total. The SMILES string of the molecule is Cc1cccc(-c2ccc3c(c2)c2cc(-c4cccc(C)c4)ccc2n3-c2ccc(C#N)cc2-c2cc(-c3cc(C(F)(F)F)cc(C(F)(F)F)c3)ccc2-n2c3ccc(-c4cccc(C)c4)cc3c3cc(-c4cccc(C)c4)ccc32)c1. The van der Waals surface area contributed by atoms with Crippen LogP contribution < -0.4 is 0 Å². The zero-order chi connectivity index (χ0) is 56.8. The van der Waals surface area contributed by atoms with Crippen LogP contribution in [0, 0.1) is 39.0 Å². The minimum atomic E-state index is -5.08. The first kappa shape index (κ1) is 51.5. The van der Waals surface area contributed by atoms with Crippen LogP contribution in [0.5, 0.6) is 0 Å². The smallest absolute Gasteiger partial charge is 0.309 e. The van der Waals surface area contributed by atoms with Crippen molar-refractivity contribution >= 4 is 43.6 Å². The topological polar surface area (TPSA) is 33.6 Å². The van der Waals surface area contributed by atoms with Crippen molar-refractivity contribution in [3.8, 4) is 84.2 Å². The van der Waals surface area contributed by atoms with Crippen LogP contribution in [0.1, 0.15) is 38.9 Å². The lowest BCUT2D eigenvalue weighted by atomic mass is 9.93. The second kappa shape index (κ2) is 19.7. The van der Waals surface area contributed by atoms with Crippen LogP contribution >= 0.6 is 0 Å². The molecule has 0 aliphatic heterocycles. The second-order valence-electron chi connectivity index (χ2n) is 21.4. The van der Waals surface area contributed by atoms with Gasteiger partial charge in [0.15, 0.2) is 0 Å². The van der Waals surface area contributed by atoms with Gasteiger partial charge in [0.2, 0.25) is 0 Å². The zero-order valence-corrected chi connectivity index (χ0v) is 45.0. The van der Waals surface area contributed by atoms with Crippen LogP contribution in [0.25, 0.3) is 122 Å². The van der Waals surface area contributed by atoms with Crippen molar-refractivity contribution in [2.24, 2.45) is 0 Å². The van der Waals surface area contributed by atoms with Gasteiger partial charge in [-0.3, -0.25) is 0 Å². The fourth-order valence-corrected chi connectivity index (χ4v) is 11.8. The summed E-state index contributed by atoms with van der Waals surface area (Å²) >= 11 is 0. The highest BCUT2D eigenvalue weighted by Gasteiger charge is 2.37. The minimum Gasteiger partial charge on any atom is -0.309 e. The van der Waals surface area contributed by atoms with Gasteiger partial charge in [0.05, 0.1) is 56.2 Å². The van der Waals surface area contributed by atoms with Crippen molar-refractivity contribution in [3.63, 3.8) is 0 Å².